The molecular weight excluding hydrogens is 298 g/mol. The Morgan fingerprint density at radius 2 is 1.91 bits per heavy atom. The van der Waals surface area contributed by atoms with Gasteiger partial charge in [0.15, 0.2) is 0 Å². The van der Waals surface area contributed by atoms with Crippen LogP contribution in [-0.4, -0.2) is 0 Å². The number of halogens is 1. The predicted octanol–water partition coefficient (Wildman–Crippen LogP) is 3.84. The largest absolute Gasteiger partial charge is 0.469 e. The molecule has 0 saturated heterocycles. The number of furan rings is 1. The lowest BCUT2D eigenvalue weighted by Crippen LogP contribution is -2.16. The van der Waals surface area contributed by atoms with Gasteiger partial charge in [0, 0.05) is 21.7 Å². The van der Waals surface area contributed by atoms with Crippen LogP contribution in [0.15, 0.2) is 47.1 Å². The van der Waals surface area contributed by atoms with E-state index in [2.05, 4.69) is 11.1 Å². The summed E-state index contributed by atoms with van der Waals surface area (Å²) in [5.74, 6) is 1.10. The number of nitrogens with one attached hydrogen (secondary N) is 1. The first-order chi connectivity index (χ1) is 10.6. The number of aromatic amines is 1. The van der Waals surface area contributed by atoms with Gasteiger partial charge in [0.05, 0.1) is 6.26 Å². The van der Waals surface area contributed by atoms with E-state index in [0.29, 0.717) is 16.4 Å². The second kappa shape index (κ2) is 5.55. The van der Waals surface area contributed by atoms with Crippen LogP contribution in [0.25, 0.3) is 22.4 Å². The molecule has 0 atom stereocenters. The summed E-state index contributed by atoms with van der Waals surface area (Å²) in [6.07, 6.45) is 1.62. The zero-order chi connectivity index (χ0) is 15.7. The first-order valence-corrected chi connectivity index (χ1v) is 7.03. The quantitative estimate of drug-likeness (QED) is 0.781. The van der Waals surface area contributed by atoms with Crippen molar-refractivity contribution in [1.82, 2.24) is 0 Å². The van der Waals surface area contributed by atoms with Gasteiger partial charge >= 0.3 is 0 Å². The Morgan fingerprint density at radius 3 is 2.50 bits per heavy atom. The summed E-state index contributed by atoms with van der Waals surface area (Å²) < 4.78 is 5.34. The topological polar surface area (TPSA) is 77.1 Å². The smallest absolute Gasteiger partial charge is 0.289 e. The van der Waals surface area contributed by atoms with E-state index >= 15 is 0 Å². The summed E-state index contributed by atoms with van der Waals surface area (Å²) in [6, 6.07) is 13.3. The second-order valence-corrected chi connectivity index (χ2v) is 5.39. The number of anilines is 1. The van der Waals surface area contributed by atoms with Crippen molar-refractivity contribution in [2.24, 2.45) is 0 Å². The van der Waals surface area contributed by atoms with Gasteiger partial charge in [0.25, 0.3) is 5.82 Å². The van der Waals surface area contributed by atoms with Crippen LogP contribution in [-0.2, 0) is 0 Å². The fourth-order valence-electron chi connectivity index (χ4n) is 2.32. The number of hydrogen-bond donors (Lipinski definition) is 1. The lowest BCUT2D eigenvalue weighted by atomic mass is 10.0. The van der Waals surface area contributed by atoms with Crippen LogP contribution in [0.5, 0.6) is 0 Å². The number of nitrogens with two attached hydrogens (primary N) is 1. The Hall–Kier alpha value is -2.77. The van der Waals surface area contributed by atoms with Gasteiger partial charge < -0.3 is 4.42 Å². The minimum absolute atomic E-state index is 0.323. The fraction of sp³-hybridized carbons (Fsp3) is 0.0588. The van der Waals surface area contributed by atoms with E-state index in [0.717, 1.165) is 28.1 Å². The first kappa shape index (κ1) is 14.2. The third-order valence-electron chi connectivity index (χ3n) is 3.41. The van der Waals surface area contributed by atoms with Gasteiger partial charge in [0.1, 0.15) is 23.1 Å². The Bertz CT molecular complexity index is 876. The highest BCUT2D eigenvalue weighted by Crippen LogP contribution is 2.30. The molecule has 0 aliphatic carbocycles. The van der Waals surface area contributed by atoms with E-state index in [9.17, 15) is 5.26 Å². The van der Waals surface area contributed by atoms with Crippen molar-refractivity contribution in [3.8, 4) is 28.5 Å². The van der Waals surface area contributed by atoms with Crippen LogP contribution in [0.2, 0.25) is 5.02 Å². The molecule has 0 spiro atoms. The third-order valence-corrected chi connectivity index (χ3v) is 3.66. The zero-order valence-electron chi connectivity index (χ0n) is 11.9. The molecule has 0 saturated carbocycles. The minimum atomic E-state index is 0.323. The van der Waals surface area contributed by atoms with Crippen molar-refractivity contribution in [2.45, 2.75) is 6.92 Å². The van der Waals surface area contributed by atoms with Gasteiger partial charge in [0.2, 0.25) is 0 Å². The summed E-state index contributed by atoms with van der Waals surface area (Å²) in [5, 5.41) is 10.0. The maximum absolute atomic E-state index is 9.37. The van der Waals surface area contributed by atoms with E-state index in [1.54, 1.807) is 18.4 Å². The van der Waals surface area contributed by atoms with E-state index in [1.807, 2.05) is 31.2 Å². The lowest BCUT2D eigenvalue weighted by molar-refractivity contribution is -0.346. The standard InChI is InChI=1S/C17H12ClN3O/c1-10-6-12(9-22-10)14-7-16(21-17(20)15(14)8-19)11-2-4-13(18)5-3-11/h2-7,9H,1H3,(H2,20,21)/p+1. The van der Waals surface area contributed by atoms with E-state index in [1.165, 1.54) is 0 Å². The molecule has 1 aromatic carbocycles. The number of nitriles is 1. The predicted molar refractivity (Wildman–Crippen MR) is 85.0 cm³/mol. The fourth-order valence-corrected chi connectivity index (χ4v) is 2.45. The van der Waals surface area contributed by atoms with Crippen molar-refractivity contribution in [3.63, 3.8) is 0 Å². The number of pyridine rings is 1. The van der Waals surface area contributed by atoms with Crippen LogP contribution < -0.4 is 10.7 Å². The number of benzene rings is 1. The molecule has 4 nitrogen and oxygen atoms in total. The Balaban J connectivity index is 2.20. The van der Waals surface area contributed by atoms with Gasteiger partial charge in [-0.3, -0.25) is 5.73 Å². The first-order valence-electron chi connectivity index (χ1n) is 6.66. The van der Waals surface area contributed by atoms with E-state index in [-0.39, 0.29) is 0 Å². The molecule has 0 unspecified atom stereocenters. The molecule has 2 aromatic heterocycles. The van der Waals surface area contributed by atoms with Gasteiger partial charge in [-0.1, -0.05) is 11.6 Å². The van der Waals surface area contributed by atoms with Crippen molar-refractivity contribution in [2.75, 3.05) is 5.73 Å². The summed E-state index contributed by atoms with van der Waals surface area (Å²) in [5.41, 5.74) is 9.71. The highest BCUT2D eigenvalue weighted by atomic mass is 35.5. The van der Waals surface area contributed by atoms with Crippen LogP contribution in [0.3, 0.4) is 0 Å². The monoisotopic (exact) mass is 310 g/mol. The minimum Gasteiger partial charge on any atom is -0.469 e. The number of nitrogen functional groups attached to an aromatic ring is 1. The van der Waals surface area contributed by atoms with Gasteiger partial charge in [-0.2, -0.15) is 5.26 Å². The molecule has 2 heterocycles. The Morgan fingerprint density at radius 1 is 1.18 bits per heavy atom. The molecule has 3 rings (SSSR count). The molecule has 0 amide bonds. The number of aryl methyl sites for hydroxylation is 1. The van der Waals surface area contributed by atoms with Crippen molar-refractivity contribution < 1.29 is 9.40 Å². The van der Waals surface area contributed by atoms with Gasteiger partial charge in [-0.25, -0.2) is 4.98 Å². The third kappa shape index (κ3) is 2.54. The maximum Gasteiger partial charge on any atom is 0.289 e. The molecule has 0 radical (unpaired) electrons. The molecule has 0 bridgehead atoms. The molecule has 3 aromatic rings. The number of hydrogen-bond acceptors (Lipinski definition) is 3. The van der Waals surface area contributed by atoms with Crippen molar-refractivity contribution in [1.29, 1.82) is 5.26 Å². The number of aromatic nitrogens is 1. The molecule has 0 aliphatic heterocycles. The average molecular weight is 311 g/mol. The highest BCUT2D eigenvalue weighted by Gasteiger charge is 2.18. The summed E-state index contributed by atoms with van der Waals surface area (Å²) in [7, 11) is 0. The Kier molecular flexibility index (Phi) is 3.58. The van der Waals surface area contributed by atoms with Crippen LogP contribution >= 0.6 is 11.6 Å². The highest BCUT2D eigenvalue weighted by molar-refractivity contribution is 6.30. The number of rotatable bonds is 2. The second-order valence-electron chi connectivity index (χ2n) is 4.95. The van der Waals surface area contributed by atoms with Gasteiger partial charge in [-0.15, -0.1) is 0 Å². The van der Waals surface area contributed by atoms with Crippen molar-refractivity contribution >= 4 is 17.4 Å². The number of nitrogens with zero attached hydrogens (tertiary/aromatic N) is 1. The van der Waals surface area contributed by atoms with E-state index < -0.39 is 0 Å². The summed E-state index contributed by atoms with van der Waals surface area (Å²) >= 11 is 5.92. The average Bonchev–Trinajstić information content (AvgIpc) is 2.93. The normalized spacial score (nSPS) is 10.4. The van der Waals surface area contributed by atoms with E-state index in [4.69, 9.17) is 21.8 Å². The SMILES string of the molecule is Cc1cc(-c2cc(-c3ccc(Cl)cc3)[nH+]c(N)c2C#N)co1. The molecular formula is C17H13ClN3O+. The van der Waals surface area contributed by atoms with Crippen molar-refractivity contribution in [3.05, 3.63) is 59.0 Å². The molecule has 0 fully saturated rings. The summed E-state index contributed by atoms with van der Waals surface area (Å²) in [6.45, 7) is 1.86. The van der Waals surface area contributed by atoms with Gasteiger partial charge in [-0.05, 0) is 43.3 Å². The summed E-state index contributed by atoms with van der Waals surface area (Å²) in [4.78, 5) is 3.06. The molecule has 108 valence electrons. The Labute approximate surface area is 132 Å². The molecule has 5 heteroatoms. The molecule has 3 N–H and O–H groups in total. The maximum atomic E-state index is 9.37. The number of H-pyrrole nitrogens is 1. The zero-order valence-corrected chi connectivity index (χ0v) is 12.6. The lowest BCUT2D eigenvalue weighted by Gasteiger charge is -2.05. The van der Waals surface area contributed by atoms with Crippen LogP contribution in [0.1, 0.15) is 11.3 Å². The van der Waals surface area contributed by atoms with Crippen LogP contribution in [0, 0.1) is 18.3 Å². The molecule has 22 heavy (non-hydrogen) atoms. The molecule has 0 aliphatic rings. The van der Waals surface area contributed by atoms with Crippen LogP contribution in [0.4, 0.5) is 5.82 Å².